The van der Waals surface area contributed by atoms with Crippen molar-refractivity contribution in [3.63, 3.8) is 0 Å². The van der Waals surface area contributed by atoms with Crippen LogP contribution in [0.2, 0.25) is 5.28 Å². The lowest BCUT2D eigenvalue weighted by Gasteiger charge is -2.15. The second kappa shape index (κ2) is 4.97. The number of ether oxygens (including phenoxy) is 1. The summed E-state index contributed by atoms with van der Waals surface area (Å²) in [5.74, 6) is 0.557. The fraction of sp³-hybridized carbons (Fsp3) is 0.636. The molecule has 0 aliphatic heterocycles. The monoisotopic (exact) mass is 241 g/mol. The Morgan fingerprint density at radius 3 is 2.88 bits per heavy atom. The lowest BCUT2D eigenvalue weighted by molar-refractivity contribution is 0.226. The largest absolute Gasteiger partial charge is 0.476 e. The zero-order valence-electron chi connectivity index (χ0n) is 9.61. The second-order valence-corrected chi connectivity index (χ2v) is 4.51. The third-order valence-electron chi connectivity index (χ3n) is 2.67. The Morgan fingerprint density at radius 2 is 2.25 bits per heavy atom. The molecule has 1 aromatic heterocycles. The zero-order valence-corrected chi connectivity index (χ0v) is 10.4. The highest BCUT2D eigenvalue weighted by Gasteiger charge is 2.25. The van der Waals surface area contributed by atoms with Crippen LogP contribution in [0.3, 0.4) is 0 Å². The number of likely N-dealkylation sites (N-methyl/N-ethyl adjacent to an activating group) is 1. The fourth-order valence-electron chi connectivity index (χ4n) is 1.57. The molecule has 1 fully saturated rings. The molecule has 1 heterocycles. The van der Waals surface area contributed by atoms with Gasteiger partial charge in [0.1, 0.15) is 6.61 Å². The number of halogens is 1. The highest BCUT2D eigenvalue weighted by Crippen LogP contribution is 2.24. The smallest absolute Gasteiger partial charge is 0.225 e. The van der Waals surface area contributed by atoms with Gasteiger partial charge in [0.25, 0.3) is 0 Å². The number of nitrogens with zero attached hydrogens (tertiary/aromatic N) is 3. The van der Waals surface area contributed by atoms with Crippen molar-refractivity contribution in [2.45, 2.75) is 25.8 Å². The molecule has 16 heavy (non-hydrogen) atoms. The van der Waals surface area contributed by atoms with E-state index in [1.54, 1.807) is 6.07 Å². The molecule has 5 heteroatoms. The van der Waals surface area contributed by atoms with E-state index >= 15 is 0 Å². The third kappa shape index (κ3) is 3.32. The van der Waals surface area contributed by atoms with E-state index < -0.39 is 0 Å². The van der Waals surface area contributed by atoms with Crippen LogP contribution in [0.4, 0.5) is 0 Å². The van der Waals surface area contributed by atoms with Crippen LogP contribution in [0, 0.1) is 6.92 Å². The zero-order chi connectivity index (χ0) is 11.5. The summed E-state index contributed by atoms with van der Waals surface area (Å²) in [5, 5.41) is 0.241. The Balaban J connectivity index is 1.79. The van der Waals surface area contributed by atoms with Gasteiger partial charge in [-0.05, 0) is 38.4 Å². The van der Waals surface area contributed by atoms with Crippen molar-refractivity contribution in [1.29, 1.82) is 0 Å². The maximum Gasteiger partial charge on any atom is 0.225 e. The molecule has 4 nitrogen and oxygen atoms in total. The van der Waals surface area contributed by atoms with E-state index in [9.17, 15) is 0 Å². The van der Waals surface area contributed by atoms with Crippen LogP contribution in [-0.2, 0) is 0 Å². The highest BCUT2D eigenvalue weighted by molar-refractivity contribution is 6.28. The van der Waals surface area contributed by atoms with Gasteiger partial charge in [-0.2, -0.15) is 4.98 Å². The molecule has 0 unspecified atom stereocenters. The summed E-state index contributed by atoms with van der Waals surface area (Å²) >= 11 is 5.74. The lowest BCUT2D eigenvalue weighted by Crippen LogP contribution is -2.26. The number of aryl methyl sites for hydroxylation is 1. The molecule has 1 aliphatic rings. The van der Waals surface area contributed by atoms with Crippen LogP contribution >= 0.6 is 11.6 Å². The molecule has 1 saturated carbocycles. The van der Waals surface area contributed by atoms with Gasteiger partial charge in [0, 0.05) is 24.3 Å². The third-order valence-corrected chi connectivity index (χ3v) is 2.84. The number of hydrogen-bond acceptors (Lipinski definition) is 4. The van der Waals surface area contributed by atoms with E-state index in [4.69, 9.17) is 16.3 Å². The summed E-state index contributed by atoms with van der Waals surface area (Å²) in [6, 6.07) is 2.56. The minimum absolute atomic E-state index is 0.241. The lowest BCUT2D eigenvalue weighted by atomic mass is 10.4. The van der Waals surface area contributed by atoms with E-state index in [1.807, 2.05) is 6.92 Å². The molecule has 0 spiro atoms. The van der Waals surface area contributed by atoms with Gasteiger partial charge in [0.2, 0.25) is 11.2 Å². The number of rotatable bonds is 5. The van der Waals surface area contributed by atoms with E-state index in [-0.39, 0.29) is 5.28 Å². The predicted molar refractivity (Wildman–Crippen MR) is 62.9 cm³/mol. The predicted octanol–water partition coefficient (Wildman–Crippen LogP) is 1.91. The number of hydrogen-bond donors (Lipinski definition) is 0. The summed E-state index contributed by atoms with van der Waals surface area (Å²) in [6.07, 6.45) is 2.63. The van der Waals surface area contributed by atoms with Crippen molar-refractivity contribution in [1.82, 2.24) is 14.9 Å². The Hall–Kier alpha value is -0.870. The van der Waals surface area contributed by atoms with Gasteiger partial charge in [-0.3, -0.25) is 0 Å². The molecule has 0 atom stereocenters. The SMILES string of the molecule is Cc1cc(OCCN(C)C2CC2)nc(Cl)n1. The first-order chi connectivity index (χ1) is 7.65. The van der Waals surface area contributed by atoms with E-state index in [0.29, 0.717) is 12.5 Å². The molecule has 1 aliphatic carbocycles. The van der Waals surface area contributed by atoms with Crippen molar-refractivity contribution in [3.05, 3.63) is 17.0 Å². The standard InChI is InChI=1S/C11H16ClN3O/c1-8-7-10(14-11(12)13-8)16-6-5-15(2)9-3-4-9/h7,9H,3-6H2,1-2H3. The van der Waals surface area contributed by atoms with Gasteiger partial charge in [-0.15, -0.1) is 0 Å². The topological polar surface area (TPSA) is 38.2 Å². The summed E-state index contributed by atoms with van der Waals surface area (Å²) in [4.78, 5) is 10.3. The van der Waals surface area contributed by atoms with E-state index in [1.165, 1.54) is 12.8 Å². The normalized spacial score (nSPS) is 15.5. The molecule has 0 aromatic carbocycles. The maximum absolute atomic E-state index is 5.74. The molecule has 88 valence electrons. The Kier molecular flexibility index (Phi) is 3.61. The molecule has 0 amide bonds. The molecular formula is C11H16ClN3O. The van der Waals surface area contributed by atoms with Gasteiger partial charge in [0.15, 0.2) is 0 Å². The molecule has 2 rings (SSSR count). The van der Waals surface area contributed by atoms with E-state index in [2.05, 4.69) is 21.9 Å². The van der Waals surface area contributed by atoms with Gasteiger partial charge >= 0.3 is 0 Å². The Morgan fingerprint density at radius 1 is 1.50 bits per heavy atom. The molecular weight excluding hydrogens is 226 g/mol. The average Bonchev–Trinajstić information content (AvgIpc) is 2.98. The number of aromatic nitrogens is 2. The van der Waals surface area contributed by atoms with Crippen LogP contribution < -0.4 is 4.74 Å². The van der Waals surface area contributed by atoms with Gasteiger partial charge in [-0.1, -0.05) is 0 Å². The quantitative estimate of drug-likeness (QED) is 0.739. The van der Waals surface area contributed by atoms with Gasteiger partial charge < -0.3 is 9.64 Å². The Labute approximate surface area is 101 Å². The van der Waals surface area contributed by atoms with E-state index in [0.717, 1.165) is 18.3 Å². The maximum atomic E-state index is 5.74. The van der Waals surface area contributed by atoms with Crippen molar-refractivity contribution >= 4 is 11.6 Å². The van der Waals surface area contributed by atoms with Crippen molar-refractivity contribution < 1.29 is 4.74 Å². The van der Waals surface area contributed by atoms with Crippen LogP contribution in [0.1, 0.15) is 18.5 Å². The van der Waals surface area contributed by atoms with Crippen molar-refractivity contribution in [2.24, 2.45) is 0 Å². The molecule has 0 N–H and O–H groups in total. The summed E-state index contributed by atoms with van der Waals surface area (Å²) in [7, 11) is 2.12. The summed E-state index contributed by atoms with van der Waals surface area (Å²) in [6.45, 7) is 3.43. The van der Waals surface area contributed by atoms with Gasteiger partial charge in [-0.25, -0.2) is 4.98 Å². The molecule has 0 radical (unpaired) electrons. The summed E-state index contributed by atoms with van der Waals surface area (Å²) < 4.78 is 5.54. The van der Waals surface area contributed by atoms with Crippen LogP contribution in [0.5, 0.6) is 5.88 Å². The second-order valence-electron chi connectivity index (χ2n) is 4.18. The van der Waals surface area contributed by atoms with Crippen LogP contribution in [0.15, 0.2) is 6.07 Å². The van der Waals surface area contributed by atoms with Crippen molar-refractivity contribution in [2.75, 3.05) is 20.2 Å². The first-order valence-corrected chi connectivity index (χ1v) is 5.87. The van der Waals surface area contributed by atoms with Crippen LogP contribution in [0.25, 0.3) is 0 Å². The Bertz CT molecular complexity index is 348. The average molecular weight is 242 g/mol. The van der Waals surface area contributed by atoms with Gasteiger partial charge in [0.05, 0.1) is 0 Å². The minimum Gasteiger partial charge on any atom is -0.476 e. The fourth-order valence-corrected chi connectivity index (χ4v) is 1.79. The summed E-state index contributed by atoms with van der Waals surface area (Å²) in [5.41, 5.74) is 0.825. The highest BCUT2D eigenvalue weighted by atomic mass is 35.5. The first-order valence-electron chi connectivity index (χ1n) is 5.49. The first kappa shape index (κ1) is 11.6. The molecule has 1 aromatic rings. The minimum atomic E-state index is 0.241. The van der Waals surface area contributed by atoms with Crippen LogP contribution in [-0.4, -0.2) is 41.1 Å². The molecule has 0 bridgehead atoms. The van der Waals surface area contributed by atoms with Crippen molar-refractivity contribution in [3.8, 4) is 5.88 Å². The molecule has 0 saturated heterocycles.